The Morgan fingerprint density at radius 3 is 2.63 bits per heavy atom. The van der Waals surface area contributed by atoms with Gasteiger partial charge in [0.1, 0.15) is 0 Å². The van der Waals surface area contributed by atoms with Crippen LogP contribution >= 0.6 is 11.8 Å². The van der Waals surface area contributed by atoms with Crippen molar-refractivity contribution in [2.24, 2.45) is 0 Å². The molecule has 1 aliphatic rings. The van der Waals surface area contributed by atoms with Crippen LogP contribution in [0.2, 0.25) is 0 Å². The van der Waals surface area contributed by atoms with Gasteiger partial charge in [-0.1, -0.05) is 12.1 Å². The molecule has 1 saturated heterocycles. The van der Waals surface area contributed by atoms with Crippen LogP contribution in [0.3, 0.4) is 0 Å². The second-order valence-electron chi connectivity index (χ2n) is 4.24. The molecule has 1 N–H and O–H groups in total. The summed E-state index contributed by atoms with van der Waals surface area (Å²) in [5.74, 6) is -0.469. The molecule has 0 radical (unpaired) electrons. The number of nitrogens with zero attached hydrogens (tertiary/aromatic N) is 1. The predicted molar refractivity (Wildman–Crippen MR) is 64.9 cm³/mol. The number of rotatable bonds is 2. The molecule has 1 atom stereocenters. The fourth-order valence-electron chi connectivity index (χ4n) is 1.95. The molecule has 19 heavy (non-hydrogen) atoms. The van der Waals surface area contributed by atoms with Gasteiger partial charge in [0.25, 0.3) is 5.91 Å². The molecule has 0 spiro atoms. The van der Waals surface area contributed by atoms with Crippen molar-refractivity contribution >= 4 is 17.7 Å². The van der Waals surface area contributed by atoms with E-state index < -0.39 is 17.5 Å². The summed E-state index contributed by atoms with van der Waals surface area (Å²) in [5, 5.41) is 9.37. The van der Waals surface area contributed by atoms with Crippen molar-refractivity contribution in [3.05, 3.63) is 29.8 Å². The molecule has 3 nitrogen and oxygen atoms in total. The van der Waals surface area contributed by atoms with Gasteiger partial charge in [0.05, 0.1) is 11.7 Å². The van der Waals surface area contributed by atoms with Gasteiger partial charge in [-0.25, -0.2) is 0 Å². The van der Waals surface area contributed by atoms with Crippen molar-refractivity contribution in [2.45, 2.75) is 22.9 Å². The molecule has 1 aromatic rings. The van der Waals surface area contributed by atoms with Gasteiger partial charge < -0.3 is 10.0 Å². The normalized spacial score (nSPS) is 19.8. The first kappa shape index (κ1) is 14.2. The average molecular weight is 291 g/mol. The highest BCUT2D eigenvalue weighted by atomic mass is 32.2. The minimum Gasteiger partial charge on any atom is -0.391 e. The van der Waals surface area contributed by atoms with Crippen molar-refractivity contribution in [1.82, 2.24) is 4.90 Å². The molecule has 104 valence electrons. The highest BCUT2D eigenvalue weighted by molar-refractivity contribution is 8.00. The number of hydrogen-bond acceptors (Lipinski definition) is 3. The van der Waals surface area contributed by atoms with Crippen LogP contribution in [-0.2, 0) is 0 Å². The molecule has 1 amide bonds. The van der Waals surface area contributed by atoms with E-state index in [1.54, 1.807) is 0 Å². The largest absolute Gasteiger partial charge is 0.446 e. The fourth-order valence-corrected chi connectivity index (χ4v) is 2.61. The van der Waals surface area contributed by atoms with E-state index in [1.165, 1.54) is 29.2 Å². The molecule has 1 aromatic carbocycles. The van der Waals surface area contributed by atoms with Crippen molar-refractivity contribution in [3.8, 4) is 0 Å². The zero-order valence-corrected chi connectivity index (χ0v) is 10.7. The minimum absolute atomic E-state index is 0.0268. The lowest BCUT2D eigenvalue weighted by molar-refractivity contribution is -0.0328. The maximum Gasteiger partial charge on any atom is 0.446 e. The average Bonchev–Trinajstić information content (AvgIpc) is 2.74. The maximum atomic E-state index is 12.4. The zero-order chi connectivity index (χ0) is 14.0. The number of thioether (sulfide) groups is 1. The summed E-state index contributed by atoms with van der Waals surface area (Å²) in [6.45, 7) is 0.537. The van der Waals surface area contributed by atoms with Crippen LogP contribution in [0.1, 0.15) is 16.8 Å². The summed E-state index contributed by atoms with van der Waals surface area (Å²) in [4.78, 5) is 13.4. The molecule has 2 rings (SSSR count). The third-order valence-corrected chi connectivity index (χ3v) is 3.60. The van der Waals surface area contributed by atoms with E-state index in [9.17, 15) is 23.1 Å². The zero-order valence-electron chi connectivity index (χ0n) is 9.85. The van der Waals surface area contributed by atoms with E-state index in [0.29, 0.717) is 13.0 Å². The minimum atomic E-state index is -4.43. The molecule has 1 aliphatic heterocycles. The summed E-state index contributed by atoms with van der Waals surface area (Å²) in [7, 11) is 0. The van der Waals surface area contributed by atoms with Gasteiger partial charge in [0.2, 0.25) is 0 Å². The Balaban J connectivity index is 2.22. The molecule has 1 heterocycles. The number of amides is 1. The van der Waals surface area contributed by atoms with Crippen molar-refractivity contribution < 1.29 is 23.1 Å². The molecule has 0 bridgehead atoms. The Morgan fingerprint density at radius 1 is 1.37 bits per heavy atom. The lowest BCUT2D eigenvalue weighted by atomic mass is 10.2. The molecule has 0 aromatic heterocycles. The summed E-state index contributed by atoms with van der Waals surface area (Å²) in [5.41, 5.74) is -4.40. The van der Waals surface area contributed by atoms with E-state index >= 15 is 0 Å². The van der Waals surface area contributed by atoms with Crippen LogP contribution < -0.4 is 0 Å². The van der Waals surface area contributed by atoms with Gasteiger partial charge in [-0.05, 0) is 30.3 Å². The lowest BCUT2D eigenvalue weighted by Gasteiger charge is -2.18. The molecule has 1 fully saturated rings. The van der Waals surface area contributed by atoms with Gasteiger partial charge in [-0.15, -0.1) is 0 Å². The van der Waals surface area contributed by atoms with Gasteiger partial charge >= 0.3 is 5.51 Å². The van der Waals surface area contributed by atoms with Gasteiger partial charge in [-0.2, -0.15) is 13.2 Å². The van der Waals surface area contributed by atoms with Crippen molar-refractivity contribution in [2.75, 3.05) is 13.1 Å². The van der Waals surface area contributed by atoms with Crippen molar-refractivity contribution in [1.29, 1.82) is 0 Å². The van der Waals surface area contributed by atoms with Gasteiger partial charge in [-0.3, -0.25) is 4.79 Å². The van der Waals surface area contributed by atoms with Gasteiger partial charge in [0.15, 0.2) is 0 Å². The summed E-state index contributed by atoms with van der Waals surface area (Å²) in [6, 6.07) is 5.64. The Bertz CT molecular complexity index is 478. The highest BCUT2D eigenvalue weighted by Gasteiger charge is 2.33. The number of hydrogen-bond donors (Lipinski definition) is 1. The predicted octanol–water partition coefficient (Wildman–Crippen LogP) is 2.51. The van der Waals surface area contributed by atoms with E-state index in [-0.39, 0.29) is 28.8 Å². The Morgan fingerprint density at radius 2 is 2.05 bits per heavy atom. The Labute approximate surface area is 112 Å². The number of aliphatic hydroxyl groups excluding tert-OH is 1. The highest BCUT2D eigenvalue weighted by Crippen LogP contribution is 2.38. The first-order valence-electron chi connectivity index (χ1n) is 5.69. The number of halogens is 3. The number of carbonyl (C=O) groups is 1. The molecular weight excluding hydrogens is 279 g/mol. The number of β-amino-alcohol motifs (C(OH)–C–C–N with tert-alkyl or cyclic N) is 1. The van der Waals surface area contributed by atoms with E-state index in [4.69, 9.17) is 0 Å². The summed E-state index contributed by atoms with van der Waals surface area (Å²) >= 11 is -0.295. The molecule has 7 heteroatoms. The molecule has 0 aliphatic carbocycles. The molecule has 0 unspecified atom stereocenters. The fraction of sp³-hybridized carbons (Fsp3) is 0.417. The van der Waals surface area contributed by atoms with Gasteiger partial charge in [0, 0.05) is 18.0 Å². The van der Waals surface area contributed by atoms with Crippen LogP contribution in [0, 0.1) is 0 Å². The van der Waals surface area contributed by atoms with Crippen LogP contribution in [0.4, 0.5) is 13.2 Å². The van der Waals surface area contributed by atoms with Crippen LogP contribution in [0.15, 0.2) is 29.2 Å². The monoisotopic (exact) mass is 291 g/mol. The van der Waals surface area contributed by atoms with E-state index in [0.717, 1.165) is 0 Å². The van der Waals surface area contributed by atoms with E-state index in [1.807, 2.05) is 0 Å². The standard InChI is InChI=1S/C12H12F3NO2S/c13-12(14,15)19-10-4-2-1-3-9(10)11(18)16-6-5-8(17)7-16/h1-4,8,17H,5-7H2/t8-/m1/s1. The smallest absolute Gasteiger partial charge is 0.391 e. The molecule has 0 saturated carbocycles. The van der Waals surface area contributed by atoms with E-state index in [2.05, 4.69) is 0 Å². The number of likely N-dealkylation sites (tertiary alicyclic amines) is 1. The quantitative estimate of drug-likeness (QED) is 0.851. The second kappa shape index (κ2) is 5.42. The molecular formula is C12H12F3NO2S. The summed E-state index contributed by atoms with van der Waals surface area (Å²) in [6.07, 6.45) is -0.133. The van der Waals surface area contributed by atoms with Crippen LogP contribution in [0.25, 0.3) is 0 Å². The first-order valence-corrected chi connectivity index (χ1v) is 6.50. The topological polar surface area (TPSA) is 40.5 Å². The number of carbonyl (C=O) groups excluding carboxylic acids is 1. The first-order chi connectivity index (χ1) is 8.87. The summed E-state index contributed by atoms with van der Waals surface area (Å²) < 4.78 is 37.3. The SMILES string of the molecule is O=C(c1ccccc1SC(F)(F)F)N1CC[C@@H](O)C1. The number of alkyl halides is 3. The maximum absolute atomic E-state index is 12.4. The third kappa shape index (κ3) is 3.63. The Hall–Kier alpha value is -1.21. The third-order valence-electron chi connectivity index (χ3n) is 2.79. The lowest BCUT2D eigenvalue weighted by Crippen LogP contribution is -2.30. The van der Waals surface area contributed by atoms with Crippen LogP contribution in [0.5, 0.6) is 0 Å². The second-order valence-corrected chi connectivity index (χ2v) is 5.34. The van der Waals surface area contributed by atoms with Crippen molar-refractivity contribution in [3.63, 3.8) is 0 Å². The Kier molecular flexibility index (Phi) is 4.05. The van der Waals surface area contributed by atoms with Crippen LogP contribution in [-0.4, -0.2) is 40.6 Å². The number of benzene rings is 1. The number of aliphatic hydroxyl groups is 1.